The van der Waals surface area contributed by atoms with Crippen LogP contribution in [0.3, 0.4) is 0 Å². The monoisotopic (exact) mass is 430 g/mol. The second-order valence-electron chi connectivity index (χ2n) is 7.30. The fraction of sp³-hybridized carbons (Fsp3) is 0.364. The first-order valence-electron chi connectivity index (χ1n) is 9.97. The van der Waals surface area contributed by atoms with Crippen molar-refractivity contribution in [2.45, 2.75) is 43.0 Å². The molecule has 1 N–H and O–H groups in total. The molecule has 0 heterocycles. The Kier molecular flexibility index (Phi) is 7.23. The van der Waals surface area contributed by atoms with Gasteiger partial charge in [-0.05, 0) is 37.1 Å². The van der Waals surface area contributed by atoms with E-state index in [4.69, 9.17) is 4.74 Å². The number of nitrogens with zero attached hydrogens (tertiary/aromatic N) is 1. The summed E-state index contributed by atoms with van der Waals surface area (Å²) in [6.45, 7) is -0.350. The third kappa shape index (κ3) is 5.06. The van der Waals surface area contributed by atoms with Crippen molar-refractivity contribution in [2.24, 2.45) is 0 Å². The topological polar surface area (TPSA) is 92.8 Å². The number of benzene rings is 2. The summed E-state index contributed by atoms with van der Waals surface area (Å²) < 4.78 is 33.3. The summed E-state index contributed by atoms with van der Waals surface area (Å²) >= 11 is 0. The van der Waals surface area contributed by atoms with E-state index in [1.54, 1.807) is 49.5 Å². The molecule has 0 aromatic heterocycles. The minimum absolute atomic E-state index is 0.0318. The molecule has 1 aliphatic carbocycles. The molecule has 0 spiro atoms. The Balaban J connectivity index is 1.73. The van der Waals surface area contributed by atoms with Crippen LogP contribution in [0.5, 0.6) is 5.75 Å². The zero-order chi connectivity index (χ0) is 21.6. The zero-order valence-electron chi connectivity index (χ0n) is 16.9. The van der Waals surface area contributed by atoms with Gasteiger partial charge in [-0.3, -0.25) is 9.59 Å². The van der Waals surface area contributed by atoms with Gasteiger partial charge in [0.2, 0.25) is 10.0 Å². The minimum atomic E-state index is -3.76. The normalized spacial score (nSPS) is 15.0. The Morgan fingerprint density at radius 2 is 1.77 bits per heavy atom. The molecule has 1 fully saturated rings. The van der Waals surface area contributed by atoms with Gasteiger partial charge in [0.15, 0.2) is 12.9 Å². The fourth-order valence-electron chi connectivity index (χ4n) is 3.63. The van der Waals surface area contributed by atoms with Gasteiger partial charge in [-0.25, -0.2) is 8.42 Å². The number of carbonyl (C=O) groups is 2. The van der Waals surface area contributed by atoms with E-state index in [-0.39, 0.29) is 23.2 Å². The van der Waals surface area contributed by atoms with Crippen molar-refractivity contribution in [2.75, 3.05) is 19.0 Å². The summed E-state index contributed by atoms with van der Waals surface area (Å²) in [5.41, 5.74) is 0.541. The zero-order valence-corrected chi connectivity index (χ0v) is 17.7. The Hall–Kier alpha value is -2.71. The lowest BCUT2D eigenvalue weighted by Crippen LogP contribution is -2.38. The fourth-order valence-corrected chi connectivity index (χ4v) is 5.19. The first-order valence-corrected chi connectivity index (χ1v) is 11.4. The number of nitrogens with one attached hydrogen (secondary N) is 1. The number of para-hydroxylation sites is 2. The van der Waals surface area contributed by atoms with Gasteiger partial charge in [-0.1, -0.05) is 43.5 Å². The summed E-state index contributed by atoms with van der Waals surface area (Å²) in [7, 11) is -2.16. The van der Waals surface area contributed by atoms with E-state index in [2.05, 4.69) is 5.32 Å². The number of hydrogen-bond donors (Lipinski definition) is 1. The van der Waals surface area contributed by atoms with Gasteiger partial charge >= 0.3 is 0 Å². The summed E-state index contributed by atoms with van der Waals surface area (Å²) in [6.07, 6.45) is 5.49. The lowest BCUT2D eigenvalue weighted by atomic mass is 9.96. The van der Waals surface area contributed by atoms with Crippen LogP contribution in [-0.4, -0.2) is 44.6 Å². The number of sulfonamides is 1. The van der Waals surface area contributed by atoms with E-state index in [1.165, 1.54) is 10.4 Å². The van der Waals surface area contributed by atoms with Crippen LogP contribution in [0, 0.1) is 0 Å². The molecule has 0 radical (unpaired) electrons. The number of aldehydes is 1. The quantitative estimate of drug-likeness (QED) is 0.648. The predicted octanol–water partition coefficient (Wildman–Crippen LogP) is 3.47. The van der Waals surface area contributed by atoms with Crippen LogP contribution in [0.1, 0.15) is 42.5 Å². The van der Waals surface area contributed by atoms with E-state index < -0.39 is 15.9 Å². The highest BCUT2D eigenvalue weighted by atomic mass is 32.2. The molecule has 0 atom stereocenters. The molecule has 1 aliphatic rings. The molecule has 30 heavy (non-hydrogen) atoms. The molecular weight excluding hydrogens is 404 g/mol. The molecule has 0 unspecified atom stereocenters. The maximum Gasteiger partial charge on any atom is 0.262 e. The van der Waals surface area contributed by atoms with Crippen molar-refractivity contribution in [3.8, 4) is 5.75 Å². The van der Waals surface area contributed by atoms with Gasteiger partial charge < -0.3 is 10.1 Å². The Labute approximate surface area is 177 Å². The molecule has 0 aliphatic heterocycles. The predicted molar refractivity (Wildman–Crippen MR) is 114 cm³/mol. The number of ether oxygens (including phenoxy) is 1. The van der Waals surface area contributed by atoms with Gasteiger partial charge in [0.25, 0.3) is 5.91 Å². The molecule has 0 saturated heterocycles. The van der Waals surface area contributed by atoms with Crippen molar-refractivity contribution >= 4 is 27.9 Å². The third-order valence-electron chi connectivity index (χ3n) is 5.31. The first kappa shape index (κ1) is 22.0. The molecule has 1 amide bonds. The highest BCUT2D eigenvalue weighted by Gasteiger charge is 2.31. The SMILES string of the molecule is CN(C1CCCCC1)S(=O)(=O)c1ccccc1NC(=O)COc1ccccc1C=O. The van der Waals surface area contributed by atoms with Crippen molar-refractivity contribution in [1.82, 2.24) is 4.31 Å². The van der Waals surface area contributed by atoms with Gasteiger partial charge in [-0.15, -0.1) is 0 Å². The smallest absolute Gasteiger partial charge is 0.262 e. The van der Waals surface area contributed by atoms with E-state index in [0.29, 0.717) is 17.6 Å². The lowest BCUT2D eigenvalue weighted by molar-refractivity contribution is -0.118. The van der Waals surface area contributed by atoms with Gasteiger partial charge in [-0.2, -0.15) is 4.31 Å². The molecule has 8 heteroatoms. The molecular formula is C22H26N2O5S. The molecule has 1 saturated carbocycles. The van der Waals surface area contributed by atoms with E-state index >= 15 is 0 Å². The van der Waals surface area contributed by atoms with Crippen LogP contribution in [0.2, 0.25) is 0 Å². The van der Waals surface area contributed by atoms with E-state index in [0.717, 1.165) is 32.1 Å². The number of carbonyl (C=O) groups excluding carboxylic acids is 2. The van der Waals surface area contributed by atoms with Gasteiger partial charge in [0.05, 0.1) is 11.3 Å². The standard InChI is InChI=1S/C22H26N2O5S/c1-24(18-10-3-2-4-11-18)30(27,28)21-14-8-6-12-19(21)23-22(26)16-29-20-13-7-5-9-17(20)15-25/h5-9,12-15,18H,2-4,10-11,16H2,1H3,(H,23,26). The number of amides is 1. The molecule has 2 aromatic rings. The van der Waals surface area contributed by atoms with Crippen LogP contribution < -0.4 is 10.1 Å². The maximum absolute atomic E-state index is 13.2. The summed E-state index contributed by atoms with van der Waals surface area (Å²) in [4.78, 5) is 23.5. The first-order chi connectivity index (χ1) is 14.4. The van der Waals surface area contributed by atoms with Crippen molar-refractivity contribution in [3.63, 3.8) is 0 Å². The number of anilines is 1. The molecule has 7 nitrogen and oxygen atoms in total. The Morgan fingerprint density at radius 1 is 1.10 bits per heavy atom. The molecule has 160 valence electrons. The van der Waals surface area contributed by atoms with Gasteiger partial charge in [0, 0.05) is 13.1 Å². The van der Waals surface area contributed by atoms with E-state index in [1.807, 2.05) is 0 Å². The Morgan fingerprint density at radius 3 is 2.50 bits per heavy atom. The van der Waals surface area contributed by atoms with E-state index in [9.17, 15) is 18.0 Å². The minimum Gasteiger partial charge on any atom is -0.483 e. The average Bonchev–Trinajstić information content (AvgIpc) is 2.78. The van der Waals surface area contributed by atoms with Crippen LogP contribution in [0.25, 0.3) is 0 Å². The summed E-state index contributed by atoms with van der Waals surface area (Å²) in [5, 5.41) is 2.62. The summed E-state index contributed by atoms with van der Waals surface area (Å²) in [5.74, 6) is -0.223. The highest BCUT2D eigenvalue weighted by Crippen LogP contribution is 2.29. The molecule has 3 rings (SSSR count). The molecule has 2 aromatic carbocycles. The number of hydrogen-bond acceptors (Lipinski definition) is 5. The number of rotatable bonds is 8. The lowest BCUT2D eigenvalue weighted by Gasteiger charge is -2.30. The largest absolute Gasteiger partial charge is 0.483 e. The van der Waals surface area contributed by atoms with Crippen LogP contribution >= 0.6 is 0 Å². The highest BCUT2D eigenvalue weighted by molar-refractivity contribution is 7.89. The maximum atomic E-state index is 13.2. The van der Waals surface area contributed by atoms with Gasteiger partial charge in [0.1, 0.15) is 10.6 Å². The van der Waals surface area contributed by atoms with Crippen LogP contribution in [-0.2, 0) is 14.8 Å². The van der Waals surface area contributed by atoms with Crippen molar-refractivity contribution in [3.05, 3.63) is 54.1 Å². The van der Waals surface area contributed by atoms with Crippen LogP contribution in [0.15, 0.2) is 53.4 Å². The second kappa shape index (κ2) is 9.86. The van der Waals surface area contributed by atoms with Crippen molar-refractivity contribution in [1.29, 1.82) is 0 Å². The molecule has 0 bridgehead atoms. The third-order valence-corrected chi connectivity index (χ3v) is 7.28. The van der Waals surface area contributed by atoms with Crippen molar-refractivity contribution < 1.29 is 22.7 Å². The summed E-state index contributed by atoms with van der Waals surface area (Å²) in [6, 6.07) is 12.9. The Bertz CT molecular complexity index is 1000. The second-order valence-corrected chi connectivity index (χ2v) is 9.27. The van der Waals surface area contributed by atoms with Crippen LogP contribution in [0.4, 0.5) is 5.69 Å². The average molecular weight is 431 g/mol.